The van der Waals surface area contributed by atoms with Crippen molar-refractivity contribution in [2.24, 2.45) is 5.92 Å². The van der Waals surface area contributed by atoms with E-state index in [9.17, 15) is 4.39 Å². The second kappa shape index (κ2) is 4.38. The number of likely N-dealkylation sites (tertiary alicyclic amines) is 1. The van der Waals surface area contributed by atoms with Gasteiger partial charge in [0.2, 0.25) is 0 Å². The molecule has 0 aliphatic carbocycles. The minimum absolute atomic E-state index is 0.165. The van der Waals surface area contributed by atoms with Gasteiger partial charge in [0.1, 0.15) is 0 Å². The third kappa shape index (κ3) is 2.02. The van der Waals surface area contributed by atoms with Crippen LogP contribution in [0.4, 0.5) is 4.39 Å². The third-order valence-corrected chi connectivity index (χ3v) is 3.37. The molecule has 0 aromatic heterocycles. The first kappa shape index (κ1) is 9.41. The van der Waals surface area contributed by atoms with Crippen LogP contribution in [0.2, 0.25) is 0 Å². The molecule has 2 aliphatic rings. The van der Waals surface area contributed by atoms with Crippen LogP contribution in [0.15, 0.2) is 0 Å². The Kier molecular flexibility index (Phi) is 3.17. The van der Waals surface area contributed by atoms with Crippen molar-refractivity contribution in [3.8, 4) is 0 Å². The van der Waals surface area contributed by atoms with Crippen LogP contribution in [0.5, 0.6) is 0 Å². The number of rotatable bonds is 3. The molecule has 2 nitrogen and oxygen atoms in total. The van der Waals surface area contributed by atoms with Crippen LogP contribution in [-0.4, -0.2) is 43.8 Å². The van der Waals surface area contributed by atoms with E-state index in [2.05, 4.69) is 10.2 Å². The van der Waals surface area contributed by atoms with Gasteiger partial charge < -0.3 is 5.32 Å². The topological polar surface area (TPSA) is 15.3 Å². The van der Waals surface area contributed by atoms with Crippen LogP contribution in [0, 0.1) is 5.92 Å². The minimum atomic E-state index is -0.165. The minimum Gasteiger partial charge on any atom is -0.315 e. The highest BCUT2D eigenvalue weighted by Gasteiger charge is 2.34. The Bertz CT molecular complexity index is 163. The molecule has 13 heavy (non-hydrogen) atoms. The molecule has 0 spiro atoms. The Morgan fingerprint density at radius 3 is 3.15 bits per heavy atom. The molecule has 2 heterocycles. The molecule has 0 radical (unpaired) electrons. The Balaban J connectivity index is 1.86. The summed E-state index contributed by atoms with van der Waals surface area (Å²) in [6.07, 6.45) is 3.38. The second-order valence-electron chi connectivity index (χ2n) is 4.21. The molecule has 0 bridgehead atoms. The Morgan fingerprint density at radius 1 is 1.38 bits per heavy atom. The van der Waals surface area contributed by atoms with Crippen molar-refractivity contribution >= 4 is 0 Å². The average Bonchev–Trinajstić information content (AvgIpc) is 2.62. The van der Waals surface area contributed by atoms with Crippen LogP contribution in [-0.2, 0) is 0 Å². The number of nitrogens with one attached hydrogen (secondary N) is 1. The van der Waals surface area contributed by atoms with E-state index >= 15 is 0 Å². The Morgan fingerprint density at radius 2 is 2.31 bits per heavy atom. The maximum absolute atomic E-state index is 12.0. The molecule has 0 aromatic rings. The van der Waals surface area contributed by atoms with E-state index in [0.29, 0.717) is 12.5 Å². The molecule has 0 amide bonds. The van der Waals surface area contributed by atoms with Gasteiger partial charge >= 0.3 is 0 Å². The molecule has 2 fully saturated rings. The average molecular weight is 186 g/mol. The van der Waals surface area contributed by atoms with Crippen LogP contribution >= 0.6 is 0 Å². The maximum Gasteiger partial charge on any atom is 0.0906 e. The maximum atomic E-state index is 12.0. The fraction of sp³-hybridized carbons (Fsp3) is 1.00. The number of alkyl halides is 1. The van der Waals surface area contributed by atoms with E-state index in [-0.39, 0.29) is 6.67 Å². The normalized spacial score (nSPS) is 34.8. The predicted molar refractivity (Wildman–Crippen MR) is 51.5 cm³/mol. The van der Waals surface area contributed by atoms with E-state index in [0.717, 1.165) is 19.0 Å². The van der Waals surface area contributed by atoms with Gasteiger partial charge in [-0.3, -0.25) is 9.29 Å². The van der Waals surface area contributed by atoms with Crippen molar-refractivity contribution in [2.75, 3.05) is 32.9 Å². The lowest BCUT2D eigenvalue weighted by Gasteiger charge is -2.36. The lowest BCUT2D eigenvalue weighted by Crippen LogP contribution is -2.45. The molecular formula is C10H19FN2. The number of fused-ring (bicyclic) bond motifs is 1. The van der Waals surface area contributed by atoms with Crippen LogP contribution in [0.1, 0.15) is 19.3 Å². The first-order valence-corrected chi connectivity index (χ1v) is 5.42. The Hall–Kier alpha value is -0.150. The summed E-state index contributed by atoms with van der Waals surface area (Å²) >= 11 is 0. The predicted octanol–water partition coefficient (Wildman–Crippen LogP) is 1.03. The van der Waals surface area contributed by atoms with Gasteiger partial charge in [0.15, 0.2) is 0 Å². The molecule has 0 saturated carbocycles. The highest BCUT2D eigenvalue weighted by Crippen LogP contribution is 2.26. The number of halogens is 1. The highest BCUT2D eigenvalue weighted by atomic mass is 19.1. The Labute approximate surface area is 79.5 Å². The van der Waals surface area contributed by atoms with Crippen LogP contribution in [0.25, 0.3) is 0 Å². The number of nitrogens with zero attached hydrogens (tertiary/aromatic N) is 1. The molecule has 1 N–H and O–H groups in total. The molecule has 2 unspecified atom stereocenters. The van der Waals surface area contributed by atoms with E-state index in [1.807, 2.05) is 0 Å². The van der Waals surface area contributed by atoms with Gasteiger partial charge in [-0.15, -0.1) is 0 Å². The summed E-state index contributed by atoms with van der Waals surface area (Å²) in [7, 11) is 0. The van der Waals surface area contributed by atoms with Crippen LogP contribution in [0.3, 0.4) is 0 Å². The second-order valence-corrected chi connectivity index (χ2v) is 4.21. The van der Waals surface area contributed by atoms with Gasteiger partial charge in [-0.2, -0.15) is 0 Å². The van der Waals surface area contributed by atoms with Crippen molar-refractivity contribution in [1.29, 1.82) is 0 Å². The molecule has 3 heteroatoms. The van der Waals surface area contributed by atoms with Gasteiger partial charge in [0, 0.05) is 19.1 Å². The summed E-state index contributed by atoms with van der Waals surface area (Å²) in [5.41, 5.74) is 0. The lowest BCUT2D eigenvalue weighted by atomic mass is 9.92. The SMILES string of the molecule is FCCCN1CCCC2CNCC21. The molecular weight excluding hydrogens is 167 g/mol. The van der Waals surface area contributed by atoms with E-state index in [4.69, 9.17) is 0 Å². The molecule has 2 rings (SSSR count). The fourth-order valence-corrected chi connectivity index (χ4v) is 2.70. The van der Waals surface area contributed by atoms with Gasteiger partial charge in [-0.05, 0) is 38.3 Å². The van der Waals surface area contributed by atoms with E-state index in [1.54, 1.807) is 0 Å². The first-order valence-electron chi connectivity index (χ1n) is 5.42. The summed E-state index contributed by atoms with van der Waals surface area (Å²) in [6.45, 7) is 4.28. The van der Waals surface area contributed by atoms with E-state index in [1.165, 1.54) is 25.9 Å². The monoisotopic (exact) mass is 186 g/mol. The van der Waals surface area contributed by atoms with Gasteiger partial charge in [-0.1, -0.05) is 0 Å². The summed E-state index contributed by atoms with van der Waals surface area (Å²) in [5.74, 6) is 0.841. The standard InChI is InChI=1S/C10H19FN2/c11-4-2-6-13-5-1-3-9-7-12-8-10(9)13/h9-10,12H,1-8H2. The molecule has 76 valence electrons. The summed E-state index contributed by atoms with van der Waals surface area (Å²) < 4.78 is 12.0. The molecule has 0 aromatic carbocycles. The van der Waals surface area contributed by atoms with Crippen molar-refractivity contribution in [3.05, 3.63) is 0 Å². The summed E-state index contributed by atoms with van der Waals surface area (Å²) in [6, 6.07) is 0.709. The van der Waals surface area contributed by atoms with Crippen molar-refractivity contribution in [3.63, 3.8) is 0 Å². The van der Waals surface area contributed by atoms with Crippen molar-refractivity contribution < 1.29 is 4.39 Å². The van der Waals surface area contributed by atoms with Crippen LogP contribution < -0.4 is 5.32 Å². The molecule has 2 aliphatic heterocycles. The highest BCUT2D eigenvalue weighted by molar-refractivity contribution is 4.91. The fourth-order valence-electron chi connectivity index (χ4n) is 2.70. The lowest BCUT2D eigenvalue weighted by molar-refractivity contribution is 0.121. The quantitative estimate of drug-likeness (QED) is 0.708. The zero-order valence-corrected chi connectivity index (χ0v) is 8.14. The first-order chi connectivity index (χ1) is 6.42. The van der Waals surface area contributed by atoms with Crippen molar-refractivity contribution in [2.45, 2.75) is 25.3 Å². The number of hydrogen-bond donors (Lipinski definition) is 1. The third-order valence-electron chi connectivity index (χ3n) is 3.37. The number of piperidine rings is 1. The van der Waals surface area contributed by atoms with E-state index < -0.39 is 0 Å². The smallest absolute Gasteiger partial charge is 0.0906 e. The van der Waals surface area contributed by atoms with Gasteiger partial charge in [0.05, 0.1) is 6.67 Å². The zero-order chi connectivity index (χ0) is 9.10. The van der Waals surface area contributed by atoms with Crippen molar-refractivity contribution in [1.82, 2.24) is 10.2 Å². The summed E-state index contributed by atoms with van der Waals surface area (Å²) in [5, 5.41) is 3.44. The molecule has 2 atom stereocenters. The summed E-state index contributed by atoms with van der Waals surface area (Å²) in [4.78, 5) is 2.48. The van der Waals surface area contributed by atoms with Gasteiger partial charge in [-0.25, -0.2) is 0 Å². The molecule has 2 saturated heterocycles. The zero-order valence-electron chi connectivity index (χ0n) is 8.14. The number of hydrogen-bond acceptors (Lipinski definition) is 2. The largest absolute Gasteiger partial charge is 0.315 e. The van der Waals surface area contributed by atoms with Gasteiger partial charge in [0.25, 0.3) is 0 Å².